The van der Waals surface area contributed by atoms with Gasteiger partial charge in [-0.25, -0.2) is 0 Å². The van der Waals surface area contributed by atoms with Gasteiger partial charge < -0.3 is 19.0 Å². The molecule has 2 aliphatic rings. The van der Waals surface area contributed by atoms with Crippen molar-refractivity contribution in [2.45, 2.75) is 70.1 Å². The predicted molar refractivity (Wildman–Crippen MR) is 95.9 cm³/mol. The maximum absolute atomic E-state index is 9.73. The minimum Gasteiger partial charge on any atom is -0.425 e. The Morgan fingerprint density at radius 1 is 1.33 bits per heavy atom. The number of rotatable bonds is 8. The molecule has 0 amide bonds. The fourth-order valence-electron chi connectivity index (χ4n) is 3.84. The number of aliphatic hydroxyl groups is 1. The van der Waals surface area contributed by atoms with Gasteiger partial charge in [-0.2, -0.15) is 0 Å². The standard InChI is InChI=1S/C13H28BO4P3/c1-2-3-8(18-21)4-5-9-10-6-13(15)16-11(10)7-12(9)17-14(19)20/h8-13,15H,2-7,19-21H2,1H3/t8-,9-,10-,11+,12-,13?/m1/s1. The number of hydrogen-bond donors (Lipinski definition) is 1. The molecule has 1 N–H and O–H groups in total. The molecular formula is C13H28BO4P3. The molecule has 1 aliphatic heterocycles. The molecule has 1 saturated carbocycles. The summed E-state index contributed by atoms with van der Waals surface area (Å²) in [6, 6.07) is 0. The lowest BCUT2D eigenvalue weighted by molar-refractivity contribution is -0.0942. The number of hydrogen-bond acceptors (Lipinski definition) is 4. The number of fused-ring (bicyclic) bond motifs is 1. The molecule has 122 valence electrons. The van der Waals surface area contributed by atoms with Crippen molar-refractivity contribution in [3.63, 3.8) is 0 Å². The first-order valence-corrected chi connectivity index (χ1v) is 9.71. The molecule has 0 aromatic rings. The van der Waals surface area contributed by atoms with Gasteiger partial charge in [-0.3, -0.25) is 0 Å². The number of aliphatic hydroxyl groups excluding tert-OH is 1. The van der Waals surface area contributed by atoms with Crippen molar-refractivity contribution in [2.75, 3.05) is 0 Å². The maximum Gasteiger partial charge on any atom is 0.336 e. The summed E-state index contributed by atoms with van der Waals surface area (Å²) in [5, 5.41) is 9.73. The highest BCUT2D eigenvalue weighted by atomic mass is 31.1. The highest BCUT2D eigenvalue weighted by Crippen LogP contribution is 2.46. The first kappa shape index (κ1) is 18.5. The summed E-state index contributed by atoms with van der Waals surface area (Å²) < 4.78 is 17.2. The average molecular weight is 352 g/mol. The van der Waals surface area contributed by atoms with Crippen LogP contribution in [0.2, 0.25) is 0 Å². The summed E-state index contributed by atoms with van der Waals surface area (Å²) in [5.41, 5.74) is 0. The summed E-state index contributed by atoms with van der Waals surface area (Å²) in [5.74, 6) is 0.876. The molecule has 21 heavy (non-hydrogen) atoms. The highest BCUT2D eigenvalue weighted by Gasteiger charge is 2.49. The topological polar surface area (TPSA) is 47.9 Å². The minimum atomic E-state index is -0.587. The van der Waals surface area contributed by atoms with E-state index in [1.807, 2.05) is 0 Å². The van der Waals surface area contributed by atoms with E-state index in [4.69, 9.17) is 13.9 Å². The predicted octanol–water partition coefficient (Wildman–Crippen LogP) is 2.61. The van der Waals surface area contributed by atoms with Crippen molar-refractivity contribution in [3.05, 3.63) is 0 Å². The molecule has 4 nitrogen and oxygen atoms in total. The minimum absolute atomic E-state index is 0.0747. The van der Waals surface area contributed by atoms with Crippen LogP contribution in [0.1, 0.15) is 45.4 Å². The van der Waals surface area contributed by atoms with Gasteiger partial charge in [-0.15, -0.1) is 18.2 Å². The molecule has 1 heterocycles. The van der Waals surface area contributed by atoms with E-state index in [2.05, 4.69) is 34.6 Å². The Kier molecular flexibility index (Phi) is 7.84. The molecule has 0 spiro atoms. The van der Waals surface area contributed by atoms with E-state index in [9.17, 15) is 5.11 Å². The van der Waals surface area contributed by atoms with Crippen molar-refractivity contribution in [1.82, 2.24) is 0 Å². The van der Waals surface area contributed by atoms with Gasteiger partial charge in [0.25, 0.3) is 0 Å². The Morgan fingerprint density at radius 2 is 2.10 bits per heavy atom. The van der Waals surface area contributed by atoms with Gasteiger partial charge in [0, 0.05) is 22.0 Å². The van der Waals surface area contributed by atoms with Gasteiger partial charge in [0.15, 0.2) is 6.29 Å². The van der Waals surface area contributed by atoms with Crippen LogP contribution in [0, 0.1) is 11.8 Å². The van der Waals surface area contributed by atoms with Crippen LogP contribution >= 0.6 is 27.7 Å². The lowest BCUT2D eigenvalue weighted by Crippen LogP contribution is -2.27. The third-order valence-electron chi connectivity index (χ3n) is 4.73. The fourth-order valence-corrected chi connectivity index (χ4v) is 4.52. The van der Waals surface area contributed by atoms with Crippen molar-refractivity contribution in [2.24, 2.45) is 11.8 Å². The Balaban J connectivity index is 1.94. The SMILES string of the molecule is CCC[C@H](CC[C@@H]1[C@H]2CC(O)O[C@H]2C[C@H]1OB(P)P)OP. The van der Waals surface area contributed by atoms with Gasteiger partial charge in [0.05, 0.1) is 12.2 Å². The highest BCUT2D eigenvalue weighted by molar-refractivity contribution is 7.92. The van der Waals surface area contributed by atoms with Crippen LogP contribution in [-0.4, -0.2) is 36.1 Å². The second kappa shape index (κ2) is 8.88. The molecule has 9 atom stereocenters. The lowest BCUT2D eigenvalue weighted by atomic mass is 9.86. The Morgan fingerprint density at radius 3 is 2.71 bits per heavy atom. The quantitative estimate of drug-likeness (QED) is 0.539. The zero-order valence-corrected chi connectivity index (χ0v) is 16.2. The van der Waals surface area contributed by atoms with Gasteiger partial charge in [0.1, 0.15) is 0 Å². The Labute approximate surface area is 135 Å². The summed E-state index contributed by atoms with van der Waals surface area (Å²) in [4.78, 5) is 0. The summed E-state index contributed by atoms with van der Waals surface area (Å²) >= 11 is 0. The lowest BCUT2D eigenvalue weighted by Gasteiger charge is -2.27. The Hall–Kier alpha value is 1.19. The van der Waals surface area contributed by atoms with E-state index in [-0.39, 0.29) is 18.6 Å². The third kappa shape index (κ3) is 5.08. The molecule has 0 radical (unpaired) electrons. The molecule has 2 rings (SSSR count). The first-order valence-electron chi connectivity index (χ1n) is 7.90. The molecule has 4 unspecified atom stereocenters. The number of ether oxygens (including phenoxy) is 1. The molecule has 2 fully saturated rings. The molecule has 8 heteroatoms. The normalized spacial score (nSPS) is 36.7. The van der Waals surface area contributed by atoms with E-state index in [1.165, 1.54) is 0 Å². The summed E-state index contributed by atoms with van der Waals surface area (Å²) in [6.45, 7) is 2.18. The van der Waals surface area contributed by atoms with Crippen LogP contribution < -0.4 is 0 Å². The summed E-state index contributed by atoms with van der Waals surface area (Å²) in [6.07, 6.45) is 6.14. The Bertz CT molecular complexity index is 324. The van der Waals surface area contributed by atoms with Gasteiger partial charge in [-0.1, -0.05) is 13.3 Å². The largest absolute Gasteiger partial charge is 0.425 e. The smallest absolute Gasteiger partial charge is 0.336 e. The van der Waals surface area contributed by atoms with E-state index >= 15 is 0 Å². The van der Waals surface area contributed by atoms with Crippen LogP contribution in [0.3, 0.4) is 0 Å². The van der Waals surface area contributed by atoms with Crippen molar-refractivity contribution in [3.8, 4) is 0 Å². The summed E-state index contributed by atoms with van der Waals surface area (Å²) in [7, 11) is 7.74. The zero-order valence-electron chi connectivity index (χ0n) is 12.7. The van der Waals surface area contributed by atoms with Crippen LogP contribution in [0.4, 0.5) is 0 Å². The monoisotopic (exact) mass is 352 g/mol. The third-order valence-corrected chi connectivity index (χ3v) is 5.43. The van der Waals surface area contributed by atoms with Crippen LogP contribution in [0.15, 0.2) is 0 Å². The second-order valence-corrected chi connectivity index (χ2v) is 8.55. The van der Waals surface area contributed by atoms with E-state index in [0.29, 0.717) is 17.9 Å². The second-order valence-electron chi connectivity index (χ2n) is 6.19. The maximum atomic E-state index is 9.73. The fraction of sp³-hybridized carbons (Fsp3) is 1.00. The van der Waals surface area contributed by atoms with Crippen molar-refractivity contribution < 1.29 is 19.0 Å². The molecule has 0 aromatic heterocycles. The molecule has 1 saturated heterocycles. The first-order chi connectivity index (χ1) is 10.0. The zero-order chi connectivity index (χ0) is 15.4. The molecular weight excluding hydrogens is 324 g/mol. The molecule has 0 aromatic carbocycles. The van der Waals surface area contributed by atoms with Crippen LogP contribution in [0.5, 0.6) is 0 Å². The van der Waals surface area contributed by atoms with Crippen molar-refractivity contribution in [1.29, 1.82) is 0 Å². The van der Waals surface area contributed by atoms with Gasteiger partial charge >= 0.3 is 6.35 Å². The average Bonchev–Trinajstić information content (AvgIpc) is 2.90. The van der Waals surface area contributed by atoms with E-state index < -0.39 is 6.29 Å². The van der Waals surface area contributed by atoms with Gasteiger partial charge in [-0.05, 0) is 37.5 Å². The van der Waals surface area contributed by atoms with E-state index in [0.717, 1.165) is 38.5 Å². The van der Waals surface area contributed by atoms with E-state index in [1.54, 1.807) is 0 Å². The van der Waals surface area contributed by atoms with Crippen molar-refractivity contribution >= 4 is 34.1 Å². The van der Waals surface area contributed by atoms with Crippen LogP contribution in [-0.2, 0) is 13.9 Å². The molecule has 0 bridgehead atoms. The van der Waals surface area contributed by atoms with Crippen LogP contribution in [0.25, 0.3) is 0 Å². The molecule has 1 aliphatic carbocycles. The van der Waals surface area contributed by atoms with Gasteiger partial charge in [0.2, 0.25) is 0 Å².